The first-order chi connectivity index (χ1) is 8.15. The molecule has 0 unspecified atom stereocenters. The van der Waals surface area contributed by atoms with E-state index in [1.165, 1.54) is 0 Å². The molecule has 0 bridgehead atoms. The molecule has 0 aromatic heterocycles. The second-order valence-electron chi connectivity index (χ2n) is 3.78. The molecule has 0 spiro atoms. The predicted molar refractivity (Wildman–Crippen MR) is 66.9 cm³/mol. The van der Waals surface area contributed by atoms with Crippen LogP contribution in [0, 0.1) is 0 Å². The van der Waals surface area contributed by atoms with Crippen LogP contribution in [0.15, 0.2) is 0 Å². The lowest BCUT2D eigenvalue weighted by molar-refractivity contribution is -0.137. The number of nitrogens with two attached hydrogens (primary N) is 1. The van der Waals surface area contributed by atoms with E-state index in [0.29, 0.717) is 32.7 Å². The van der Waals surface area contributed by atoms with Crippen LogP contribution >= 0.6 is 11.8 Å². The molecule has 3 amide bonds. The number of morpholine rings is 1. The number of urea groups is 1. The predicted octanol–water partition coefficient (Wildman–Crippen LogP) is -0.365. The van der Waals surface area contributed by atoms with Crippen LogP contribution in [0.4, 0.5) is 4.79 Å². The van der Waals surface area contributed by atoms with E-state index in [4.69, 9.17) is 10.5 Å². The summed E-state index contributed by atoms with van der Waals surface area (Å²) in [4.78, 5) is 24.7. The number of hydrogen-bond donors (Lipinski definition) is 2. The van der Waals surface area contributed by atoms with E-state index in [9.17, 15) is 9.59 Å². The number of hydrogen-bond acceptors (Lipinski definition) is 4. The summed E-state index contributed by atoms with van der Waals surface area (Å²) in [5.41, 5.74) is 5.08. The van der Waals surface area contributed by atoms with E-state index in [0.717, 1.165) is 5.75 Å². The molecular formula is C10H19N3O3S. The Morgan fingerprint density at radius 3 is 2.65 bits per heavy atom. The summed E-state index contributed by atoms with van der Waals surface area (Å²) >= 11 is 1.63. The summed E-state index contributed by atoms with van der Waals surface area (Å²) in [6, 6.07) is -1.17. The lowest BCUT2D eigenvalue weighted by Crippen LogP contribution is -2.53. The third-order valence-electron chi connectivity index (χ3n) is 2.55. The van der Waals surface area contributed by atoms with Gasteiger partial charge in [-0.3, -0.25) is 4.79 Å². The second kappa shape index (κ2) is 7.39. The van der Waals surface area contributed by atoms with E-state index >= 15 is 0 Å². The maximum Gasteiger partial charge on any atom is 0.312 e. The number of ether oxygens (including phenoxy) is 1. The lowest BCUT2D eigenvalue weighted by Gasteiger charge is -2.30. The van der Waals surface area contributed by atoms with E-state index in [2.05, 4.69) is 5.32 Å². The highest BCUT2D eigenvalue weighted by molar-refractivity contribution is 7.98. The van der Waals surface area contributed by atoms with Crippen molar-refractivity contribution in [2.75, 3.05) is 38.3 Å². The number of nitrogens with one attached hydrogen (secondary N) is 1. The Labute approximate surface area is 105 Å². The Morgan fingerprint density at radius 1 is 1.47 bits per heavy atom. The molecule has 6 nitrogen and oxygen atoms in total. The van der Waals surface area contributed by atoms with Gasteiger partial charge in [0.15, 0.2) is 0 Å². The van der Waals surface area contributed by atoms with Crippen LogP contribution in [0.2, 0.25) is 0 Å². The quantitative estimate of drug-likeness (QED) is 0.707. The highest BCUT2D eigenvalue weighted by Crippen LogP contribution is 2.06. The van der Waals surface area contributed by atoms with Crippen molar-refractivity contribution in [1.29, 1.82) is 0 Å². The zero-order valence-corrected chi connectivity index (χ0v) is 10.8. The number of amides is 3. The molecule has 3 N–H and O–H groups in total. The van der Waals surface area contributed by atoms with Crippen molar-refractivity contribution in [2.45, 2.75) is 12.5 Å². The first kappa shape index (κ1) is 14.1. The van der Waals surface area contributed by atoms with Gasteiger partial charge in [0, 0.05) is 13.1 Å². The molecule has 1 atom stereocenters. The highest BCUT2D eigenvalue weighted by atomic mass is 32.2. The van der Waals surface area contributed by atoms with E-state index in [-0.39, 0.29) is 5.91 Å². The average Bonchev–Trinajstić information content (AvgIpc) is 2.34. The van der Waals surface area contributed by atoms with E-state index in [1.54, 1.807) is 16.7 Å². The van der Waals surface area contributed by atoms with Gasteiger partial charge in [-0.05, 0) is 18.4 Å². The van der Waals surface area contributed by atoms with Crippen molar-refractivity contribution in [2.24, 2.45) is 5.73 Å². The number of nitrogens with zero attached hydrogens (tertiary/aromatic N) is 1. The molecule has 1 heterocycles. The third-order valence-corrected chi connectivity index (χ3v) is 3.19. The van der Waals surface area contributed by atoms with Gasteiger partial charge in [0.2, 0.25) is 5.91 Å². The zero-order valence-electron chi connectivity index (χ0n) is 9.98. The Hall–Kier alpha value is -0.950. The Balaban J connectivity index is 2.53. The highest BCUT2D eigenvalue weighted by Gasteiger charge is 2.26. The van der Waals surface area contributed by atoms with Crippen molar-refractivity contribution < 1.29 is 14.3 Å². The average molecular weight is 261 g/mol. The Bertz CT molecular complexity index is 270. The summed E-state index contributed by atoms with van der Waals surface area (Å²) in [5.74, 6) is 0.738. The smallest absolute Gasteiger partial charge is 0.312 e. The molecular weight excluding hydrogens is 242 g/mol. The molecule has 1 rings (SSSR count). The van der Waals surface area contributed by atoms with Gasteiger partial charge in [-0.25, -0.2) is 4.79 Å². The van der Waals surface area contributed by atoms with Gasteiger partial charge >= 0.3 is 6.03 Å². The van der Waals surface area contributed by atoms with Crippen LogP contribution in [0.3, 0.4) is 0 Å². The van der Waals surface area contributed by atoms with Crippen LogP contribution < -0.4 is 11.1 Å². The normalized spacial score (nSPS) is 17.6. The van der Waals surface area contributed by atoms with Gasteiger partial charge in [0.1, 0.15) is 6.04 Å². The van der Waals surface area contributed by atoms with Gasteiger partial charge in [-0.15, -0.1) is 0 Å². The van der Waals surface area contributed by atoms with E-state index in [1.807, 2.05) is 6.26 Å². The van der Waals surface area contributed by atoms with Crippen molar-refractivity contribution in [3.8, 4) is 0 Å². The summed E-state index contributed by atoms with van der Waals surface area (Å²) in [6.07, 6.45) is 2.56. The number of primary amides is 1. The second-order valence-corrected chi connectivity index (χ2v) is 4.77. The maximum absolute atomic E-state index is 12.1. The molecule has 1 saturated heterocycles. The molecule has 1 fully saturated rings. The van der Waals surface area contributed by atoms with Crippen molar-refractivity contribution in [1.82, 2.24) is 10.2 Å². The first-order valence-corrected chi connectivity index (χ1v) is 6.96. The van der Waals surface area contributed by atoms with Gasteiger partial charge < -0.3 is 20.7 Å². The SMILES string of the molecule is CSCC[C@@H](NC(N)=O)C(=O)N1CCOCC1. The molecule has 0 aromatic carbocycles. The number of carbonyl (C=O) groups is 2. The van der Waals surface area contributed by atoms with Gasteiger partial charge in [0.25, 0.3) is 0 Å². The standard InChI is InChI=1S/C10H19N3O3S/c1-17-7-2-8(12-10(11)15)9(14)13-3-5-16-6-4-13/h8H,2-7H2,1H3,(H3,11,12,15)/t8-/m1/s1. The molecule has 0 saturated carbocycles. The van der Waals surface area contributed by atoms with Gasteiger partial charge in [-0.2, -0.15) is 11.8 Å². The van der Waals surface area contributed by atoms with Crippen molar-refractivity contribution >= 4 is 23.7 Å². The fraction of sp³-hybridized carbons (Fsp3) is 0.800. The summed E-state index contributed by atoms with van der Waals surface area (Å²) in [5, 5.41) is 2.51. The van der Waals surface area contributed by atoms with Crippen LogP contribution in [0.1, 0.15) is 6.42 Å². The summed E-state index contributed by atoms with van der Waals surface area (Å²) < 4.78 is 5.18. The van der Waals surface area contributed by atoms with Crippen molar-refractivity contribution in [3.63, 3.8) is 0 Å². The molecule has 1 aliphatic heterocycles. The topological polar surface area (TPSA) is 84.7 Å². The van der Waals surface area contributed by atoms with Crippen LogP contribution in [0.25, 0.3) is 0 Å². The largest absolute Gasteiger partial charge is 0.378 e. The third kappa shape index (κ3) is 4.82. The molecule has 0 aliphatic carbocycles. The van der Waals surface area contributed by atoms with Crippen LogP contribution in [-0.2, 0) is 9.53 Å². The monoisotopic (exact) mass is 261 g/mol. The fourth-order valence-corrected chi connectivity index (χ4v) is 2.14. The van der Waals surface area contributed by atoms with Gasteiger partial charge in [-0.1, -0.05) is 0 Å². The van der Waals surface area contributed by atoms with Gasteiger partial charge in [0.05, 0.1) is 13.2 Å². The Kier molecular flexibility index (Phi) is 6.13. The molecule has 7 heteroatoms. The Morgan fingerprint density at radius 2 is 2.12 bits per heavy atom. The fourth-order valence-electron chi connectivity index (χ4n) is 1.67. The van der Waals surface area contributed by atoms with Crippen molar-refractivity contribution in [3.05, 3.63) is 0 Å². The minimum absolute atomic E-state index is 0.0684. The molecule has 1 aliphatic rings. The lowest BCUT2D eigenvalue weighted by atomic mass is 10.2. The van der Waals surface area contributed by atoms with Crippen LogP contribution in [-0.4, -0.2) is 61.2 Å². The maximum atomic E-state index is 12.1. The minimum atomic E-state index is -0.655. The molecule has 0 aromatic rings. The molecule has 0 radical (unpaired) electrons. The van der Waals surface area contributed by atoms with E-state index < -0.39 is 12.1 Å². The number of thioether (sulfide) groups is 1. The summed E-state index contributed by atoms with van der Waals surface area (Å²) in [7, 11) is 0. The zero-order chi connectivity index (χ0) is 12.7. The minimum Gasteiger partial charge on any atom is -0.378 e. The molecule has 98 valence electrons. The molecule has 17 heavy (non-hydrogen) atoms. The first-order valence-electron chi connectivity index (χ1n) is 5.56. The number of rotatable bonds is 5. The summed E-state index contributed by atoms with van der Waals surface area (Å²) in [6.45, 7) is 2.26. The van der Waals surface area contributed by atoms with Crippen LogP contribution in [0.5, 0.6) is 0 Å². The number of carbonyl (C=O) groups excluding carboxylic acids is 2.